The van der Waals surface area contributed by atoms with Crippen LogP contribution in [0.4, 0.5) is 0 Å². The Morgan fingerprint density at radius 1 is 0.364 bits per heavy atom. The van der Waals surface area contributed by atoms with Gasteiger partial charge in [-0.15, -0.1) is 0 Å². The summed E-state index contributed by atoms with van der Waals surface area (Å²) in [5.41, 5.74) is 0. The van der Waals surface area contributed by atoms with Gasteiger partial charge in [-0.1, -0.05) is 116 Å². The van der Waals surface area contributed by atoms with E-state index in [2.05, 4.69) is 26.0 Å². The summed E-state index contributed by atoms with van der Waals surface area (Å²) in [5.74, 6) is 0. The first kappa shape index (κ1) is 21.7. The fraction of sp³-hybridized carbons (Fsp3) is 0.909. The van der Waals surface area contributed by atoms with E-state index in [0.717, 1.165) is 0 Å². The van der Waals surface area contributed by atoms with Gasteiger partial charge in [0.2, 0.25) is 0 Å². The molecule has 0 aliphatic carbocycles. The molecule has 0 heteroatoms. The largest absolute Gasteiger partial charge is 0.0885 e. The van der Waals surface area contributed by atoms with Gasteiger partial charge in [0, 0.05) is 0 Å². The summed E-state index contributed by atoms with van der Waals surface area (Å²) in [6, 6.07) is 0. The molecule has 0 nitrogen and oxygen atoms in total. The predicted molar refractivity (Wildman–Crippen MR) is 104 cm³/mol. The zero-order chi connectivity index (χ0) is 16.1. The highest BCUT2D eigenvalue weighted by Gasteiger charge is 1.93. The van der Waals surface area contributed by atoms with Crippen molar-refractivity contribution in [2.24, 2.45) is 0 Å². The Balaban J connectivity index is 3.00. The maximum Gasteiger partial charge on any atom is -0.0351 e. The van der Waals surface area contributed by atoms with E-state index in [4.69, 9.17) is 0 Å². The molecular formula is C22H44. The first-order valence-electron chi connectivity index (χ1n) is 10.6. The molecular weight excluding hydrogens is 264 g/mol. The Hall–Kier alpha value is -0.260. The predicted octanol–water partition coefficient (Wildman–Crippen LogP) is 8.60. The van der Waals surface area contributed by atoms with Gasteiger partial charge in [-0.25, -0.2) is 0 Å². The summed E-state index contributed by atoms with van der Waals surface area (Å²) < 4.78 is 0. The van der Waals surface area contributed by atoms with Gasteiger partial charge in [-0.2, -0.15) is 0 Å². The minimum atomic E-state index is 1.30. The fourth-order valence-corrected chi connectivity index (χ4v) is 3.03. The minimum Gasteiger partial charge on any atom is -0.0885 e. The topological polar surface area (TPSA) is 0 Å². The molecule has 0 unspecified atom stereocenters. The summed E-state index contributed by atoms with van der Waals surface area (Å²) in [4.78, 5) is 0. The molecule has 0 N–H and O–H groups in total. The molecule has 22 heavy (non-hydrogen) atoms. The van der Waals surface area contributed by atoms with Crippen LogP contribution in [-0.2, 0) is 0 Å². The number of hydrogen-bond acceptors (Lipinski definition) is 0. The van der Waals surface area contributed by atoms with Gasteiger partial charge in [-0.05, 0) is 25.7 Å². The molecule has 0 saturated carbocycles. The molecule has 0 aromatic rings. The highest BCUT2D eigenvalue weighted by Crippen LogP contribution is 2.12. The fourth-order valence-electron chi connectivity index (χ4n) is 3.03. The maximum absolute atomic E-state index is 2.42. The second-order valence-electron chi connectivity index (χ2n) is 7.00. The van der Waals surface area contributed by atoms with Crippen molar-refractivity contribution in [1.29, 1.82) is 0 Å². The Labute approximate surface area is 142 Å². The summed E-state index contributed by atoms with van der Waals surface area (Å²) in [6.45, 7) is 4.58. The lowest BCUT2D eigenvalue weighted by Crippen LogP contribution is -1.82. The van der Waals surface area contributed by atoms with Crippen molar-refractivity contribution in [2.45, 2.75) is 129 Å². The third kappa shape index (κ3) is 19.7. The van der Waals surface area contributed by atoms with Crippen LogP contribution in [0.3, 0.4) is 0 Å². The highest BCUT2D eigenvalue weighted by atomic mass is 14.0. The lowest BCUT2D eigenvalue weighted by molar-refractivity contribution is 0.545. The van der Waals surface area contributed by atoms with Crippen LogP contribution in [0, 0.1) is 0 Å². The van der Waals surface area contributed by atoms with Gasteiger partial charge in [0.25, 0.3) is 0 Å². The zero-order valence-electron chi connectivity index (χ0n) is 15.9. The lowest BCUT2D eigenvalue weighted by atomic mass is 10.0. The third-order valence-electron chi connectivity index (χ3n) is 4.62. The average molecular weight is 309 g/mol. The number of allylic oxidation sites excluding steroid dienone is 2. The molecule has 0 amide bonds. The van der Waals surface area contributed by atoms with E-state index in [1.54, 1.807) is 0 Å². The van der Waals surface area contributed by atoms with Crippen molar-refractivity contribution in [2.75, 3.05) is 0 Å². The van der Waals surface area contributed by atoms with Crippen LogP contribution in [-0.4, -0.2) is 0 Å². The van der Waals surface area contributed by atoms with E-state index < -0.39 is 0 Å². The van der Waals surface area contributed by atoms with E-state index in [1.807, 2.05) is 0 Å². The standard InChI is InChI=1S/C22H44/c1-3-5-7-9-11-13-15-17-19-21-22-20-18-16-14-12-10-8-6-4-2/h13,15H,3-12,14,16-22H2,1-2H3. The van der Waals surface area contributed by atoms with Gasteiger partial charge in [0.05, 0.1) is 0 Å². The molecule has 0 saturated heterocycles. The molecule has 0 spiro atoms. The van der Waals surface area contributed by atoms with E-state index in [-0.39, 0.29) is 0 Å². The van der Waals surface area contributed by atoms with Crippen LogP contribution >= 0.6 is 0 Å². The van der Waals surface area contributed by atoms with E-state index in [9.17, 15) is 0 Å². The quantitative estimate of drug-likeness (QED) is 0.176. The SMILES string of the molecule is CCCCCCC=CCCCCCCCCCCCCCC. The van der Waals surface area contributed by atoms with E-state index in [1.165, 1.54) is 116 Å². The molecule has 0 aromatic carbocycles. The van der Waals surface area contributed by atoms with E-state index >= 15 is 0 Å². The lowest BCUT2D eigenvalue weighted by Gasteiger charge is -2.02. The van der Waals surface area contributed by atoms with E-state index in [0.29, 0.717) is 0 Å². The number of unbranched alkanes of at least 4 members (excludes halogenated alkanes) is 16. The molecule has 0 rings (SSSR count). The Morgan fingerprint density at radius 2 is 0.636 bits per heavy atom. The molecule has 0 radical (unpaired) electrons. The summed E-state index contributed by atoms with van der Waals surface area (Å²) in [5, 5.41) is 0. The summed E-state index contributed by atoms with van der Waals surface area (Å²) in [6.07, 6.45) is 30.4. The van der Waals surface area contributed by atoms with Crippen LogP contribution in [0.15, 0.2) is 12.2 Å². The second-order valence-corrected chi connectivity index (χ2v) is 7.00. The second kappa shape index (κ2) is 20.7. The van der Waals surface area contributed by atoms with Crippen molar-refractivity contribution in [1.82, 2.24) is 0 Å². The van der Waals surface area contributed by atoms with Gasteiger partial charge >= 0.3 is 0 Å². The van der Waals surface area contributed by atoms with Crippen LogP contribution in [0.25, 0.3) is 0 Å². The monoisotopic (exact) mass is 308 g/mol. The Morgan fingerprint density at radius 3 is 1.00 bits per heavy atom. The normalized spacial score (nSPS) is 11.5. The summed E-state index contributed by atoms with van der Waals surface area (Å²) >= 11 is 0. The molecule has 0 bridgehead atoms. The van der Waals surface area contributed by atoms with Crippen molar-refractivity contribution < 1.29 is 0 Å². The smallest absolute Gasteiger partial charge is 0.0351 e. The van der Waals surface area contributed by atoms with Gasteiger partial charge in [0.1, 0.15) is 0 Å². The van der Waals surface area contributed by atoms with Crippen LogP contribution in [0.5, 0.6) is 0 Å². The van der Waals surface area contributed by atoms with Gasteiger partial charge in [0.15, 0.2) is 0 Å². The molecule has 0 atom stereocenters. The number of hydrogen-bond donors (Lipinski definition) is 0. The van der Waals surface area contributed by atoms with Crippen molar-refractivity contribution in [3.63, 3.8) is 0 Å². The molecule has 0 heterocycles. The molecule has 132 valence electrons. The van der Waals surface area contributed by atoms with Crippen molar-refractivity contribution in [3.8, 4) is 0 Å². The summed E-state index contributed by atoms with van der Waals surface area (Å²) in [7, 11) is 0. The molecule has 0 fully saturated rings. The third-order valence-corrected chi connectivity index (χ3v) is 4.62. The minimum absolute atomic E-state index is 1.30. The van der Waals surface area contributed by atoms with Crippen LogP contribution in [0.1, 0.15) is 129 Å². The van der Waals surface area contributed by atoms with Crippen LogP contribution < -0.4 is 0 Å². The van der Waals surface area contributed by atoms with Crippen molar-refractivity contribution in [3.05, 3.63) is 12.2 Å². The Kier molecular flexibility index (Phi) is 20.5. The number of rotatable bonds is 18. The average Bonchev–Trinajstić information content (AvgIpc) is 2.54. The van der Waals surface area contributed by atoms with Gasteiger partial charge in [-0.3, -0.25) is 0 Å². The molecule has 0 aliphatic rings. The molecule has 0 aromatic heterocycles. The first-order valence-corrected chi connectivity index (χ1v) is 10.6. The Bertz CT molecular complexity index is 204. The zero-order valence-corrected chi connectivity index (χ0v) is 15.9. The van der Waals surface area contributed by atoms with Crippen LogP contribution in [0.2, 0.25) is 0 Å². The van der Waals surface area contributed by atoms with Crippen molar-refractivity contribution >= 4 is 0 Å². The first-order chi connectivity index (χ1) is 10.9. The molecule has 0 aliphatic heterocycles. The maximum atomic E-state index is 2.42. The van der Waals surface area contributed by atoms with Gasteiger partial charge < -0.3 is 0 Å². The highest BCUT2D eigenvalue weighted by molar-refractivity contribution is 4.81.